The number of hydrogen-bond acceptors (Lipinski definition) is 3. The van der Waals surface area contributed by atoms with Crippen LogP contribution in [0, 0.1) is 23.4 Å². The average Bonchev–Trinajstić information content (AvgIpc) is 3.17. The number of nitrogens with zero attached hydrogens (tertiary/aromatic N) is 2. The fourth-order valence-electron chi connectivity index (χ4n) is 3.26. The quantitative estimate of drug-likeness (QED) is 0.771. The zero-order valence-electron chi connectivity index (χ0n) is 14.6. The lowest BCUT2D eigenvalue weighted by molar-refractivity contribution is 0.252. The first-order chi connectivity index (χ1) is 12.1. The van der Waals surface area contributed by atoms with Gasteiger partial charge in [-0.15, -0.1) is 12.4 Å². The van der Waals surface area contributed by atoms with E-state index >= 15 is 0 Å². The number of rotatable bonds is 7. The van der Waals surface area contributed by atoms with Gasteiger partial charge in [0, 0.05) is 31.3 Å². The Morgan fingerprint density at radius 3 is 2.42 bits per heavy atom. The van der Waals surface area contributed by atoms with Crippen molar-refractivity contribution in [2.45, 2.75) is 45.4 Å². The molecule has 0 amide bonds. The van der Waals surface area contributed by atoms with E-state index in [-0.39, 0.29) is 24.6 Å². The molecule has 1 aliphatic carbocycles. The number of halogens is 4. The van der Waals surface area contributed by atoms with Crippen molar-refractivity contribution in [3.63, 3.8) is 0 Å². The summed E-state index contributed by atoms with van der Waals surface area (Å²) in [5, 5.41) is 7.54. The van der Waals surface area contributed by atoms with Gasteiger partial charge in [0.1, 0.15) is 24.1 Å². The summed E-state index contributed by atoms with van der Waals surface area (Å²) in [5.41, 5.74) is 0.515. The fraction of sp³-hybridized carbons (Fsp3) is 0.500. The molecule has 2 aromatic rings. The largest absolute Gasteiger partial charge is 0.473 e. The van der Waals surface area contributed by atoms with Crippen LogP contribution in [0.1, 0.15) is 36.9 Å². The van der Waals surface area contributed by atoms with Gasteiger partial charge < -0.3 is 10.1 Å². The molecule has 1 N–H and O–H groups in total. The third-order valence-corrected chi connectivity index (χ3v) is 4.53. The van der Waals surface area contributed by atoms with E-state index in [2.05, 4.69) is 10.4 Å². The van der Waals surface area contributed by atoms with Crippen LogP contribution in [-0.2, 0) is 19.7 Å². The van der Waals surface area contributed by atoms with Gasteiger partial charge in [0.05, 0.1) is 11.3 Å². The highest BCUT2D eigenvalue weighted by molar-refractivity contribution is 5.85. The van der Waals surface area contributed by atoms with Crippen molar-refractivity contribution in [1.82, 2.24) is 15.1 Å². The summed E-state index contributed by atoms with van der Waals surface area (Å²) < 4.78 is 48.0. The van der Waals surface area contributed by atoms with Crippen molar-refractivity contribution in [1.29, 1.82) is 0 Å². The van der Waals surface area contributed by atoms with E-state index in [1.54, 1.807) is 10.7 Å². The normalized spacial score (nSPS) is 14.5. The predicted molar refractivity (Wildman–Crippen MR) is 94.8 cm³/mol. The lowest BCUT2D eigenvalue weighted by Gasteiger charge is -2.13. The molecule has 0 bridgehead atoms. The van der Waals surface area contributed by atoms with Crippen LogP contribution in [0.15, 0.2) is 18.2 Å². The SMILES string of the molecule is CNCc1cc(OCc2c(F)cc(F)cc2F)n(CC2CCCC2)n1.Cl. The van der Waals surface area contributed by atoms with Gasteiger partial charge in [-0.25, -0.2) is 17.9 Å². The summed E-state index contributed by atoms with van der Waals surface area (Å²) >= 11 is 0. The molecule has 1 aromatic carbocycles. The van der Waals surface area contributed by atoms with Crippen molar-refractivity contribution in [2.24, 2.45) is 5.92 Å². The van der Waals surface area contributed by atoms with E-state index in [1.165, 1.54) is 12.8 Å². The summed E-state index contributed by atoms with van der Waals surface area (Å²) in [6, 6.07) is 3.08. The Bertz CT molecular complexity index is 709. The number of ether oxygens (including phenoxy) is 1. The molecule has 0 atom stereocenters. The van der Waals surface area contributed by atoms with Gasteiger partial charge in [-0.05, 0) is 25.8 Å². The van der Waals surface area contributed by atoms with E-state index in [0.717, 1.165) is 25.1 Å². The Labute approximate surface area is 157 Å². The van der Waals surface area contributed by atoms with Crippen LogP contribution < -0.4 is 10.1 Å². The minimum absolute atomic E-state index is 0. The number of benzene rings is 1. The Morgan fingerprint density at radius 1 is 1.15 bits per heavy atom. The highest BCUT2D eigenvalue weighted by atomic mass is 35.5. The Hall–Kier alpha value is -1.73. The number of hydrogen-bond donors (Lipinski definition) is 1. The first-order valence-electron chi connectivity index (χ1n) is 8.54. The molecule has 0 spiro atoms. The Morgan fingerprint density at radius 2 is 1.81 bits per heavy atom. The van der Waals surface area contributed by atoms with Gasteiger partial charge >= 0.3 is 0 Å². The number of aromatic nitrogens is 2. The second kappa shape index (κ2) is 9.28. The van der Waals surface area contributed by atoms with Gasteiger partial charge in [0.25, 0.3) is 0 Å². The lowest BCUT2D eigenvalue weighted by Crippen LogP contribution is -2.13. The molecule has 0 aliphatic heterocycles. The first-order valence-corrected chi connectivity index (χ1v) is 8.54. The molecule has 1 heterocycles. The van der Waals surface area contributed by atoms with Crippen molar-refractivity contribution in [2.75, 3.05) is 7.05 Å². The van der Waals surface area contributed by atoms with E-state index < -0.39 is 17.5 Å². The van der Waals surface area contributed by atoms with Crippen LogP contribution in [0.25, 0.3) is 0 Å². The van der Waals surface area contributed by atoms with Crippen LogP contribution in [0.4, 0.5) is 13.2 Å². The van der Waals surface area contributed by atoms with Crippen LogP contribution in [0.5, 0.6) is 5.88 Å². The van der Waals surface area contributed by atoms with Gasteiger partial charge in [0.2, 0.25) is 5.88 Å². The summed E-state index contributed by atoms with van der Waals surface area (Å²) in [6.45, 7) is 0.994. The smallest absolute Gasteiger partial charge is 0.212 e. The maximum Gasteiger partial charge on any atom is 0.212 e. The number of nitrogens with one attached hydrogen (secondary N) is 1. The second-order valence-electron chi connectivity index (χ2n) is 6.47. The molecule has 144 valence electrons. The fourth-order valence-corrected chi connectivity index (χ4v) is 3.26. The summed E-state index contributed by atoms with van der Waals surface area (Å²) in [4.78, 5) is 0. The van der Waals surface area contributed by atoms with Gasteiger partial charge in [-0.3, -0.25) is 0 Å². The maximum atomic E-state index is 13.8. The summed E-state index contributed by atoms with van der Waals surface area (Å²) in [7, 11) is 1.82. The molecule has 1 aliphatic rings. The second-order valence-corrected chi connectivity index (χ2v) is 6.47. The van der Waals surface area contributed by atoms with E-state index in [0.29, 0.717) is 30.5 Å². The minimum atomic E-state index is -0.949. The summed E-state index contributed by atoms with van der Waals surface area (Å²) in [5.74, 6) is -1.82. The molecular formula is C18H23ClF3N3O. The highest BCUT2D eigenvalue weighted by Gasteiger charge is 2.20. The lowest BCUT2D eigenvalue weighted by atomic mass is 10.1. The molecule has 1 aromatic heterocycles. The molecule has 4 nitrogen and oxygen atoms in total. The zero-order valence-corrected chi connectivity index (χ0v) is 15.4. The van der Waals surface area contributed by atoms with Crippen molar-refractivity contribution < 1.29 is 17.9 Å². The van der Waals surface area contributed by atoms with Gasteiger partial charge in [-0.2, -0.15) is 5.10 Å². The minimum Gasteiger partial charge on any atom is -0.473 e. The molecule has 0 unspecified atom stereocenters. The van der Waals surface area contributed by atoms with Crippen LogP contribution in [-0.4, -0.2) is 16.8 Å². The Kier molecular flexibility index (Phi) is 7.34. The maximum absolute atomic E-state index is 13.8. The molecule has 3 rings (SSSR count). The van der Waals surface area contributed by atoms with E-state index in [9.17, 15) is 13.2 Å². The van der Waals surface area contributed by atoms with Crippen LogP contribution >= 0.6 is 12.4 Å². The monoisotopic (exact) mass is 389 g/mol. The van der Waals surface area contributed by atoms with Crippen LogP contribution in [0.3, 0.4) is 0 Å². The third-order valence-electron chi connectivity index (χ3n) is 4.53. The van der Waals surface area contributed by atoms with E-state index in [1.807, 2.05) is 7.05 Å². The zero-order chi connectivity index (χ0) is 17.8. The molecule has 0 radical (unpaired) electrons. The highest BCUT2D eigenvalue weighted by Crippen LogP contribution is 2.28. The predicted octanol–water partition coefficient (Wildman–Crippen LogP) is 4.21. The van der Waals surface area contributed by atoms with Crippen molar-refractivity contribution in [3.8, 4) is 5.88 Å². The summed E-state index contributed by atoms with van der Waals surface area (Å²) in [6.07, 6.45) is 4.75. The molecule has 0 saturated heterocycles. The Balaban J connectivity index is 0.00000243. The standard InChI is InChI=1S/C18H22F3N3O.ClH/c1-22-9-14-8-18(24(23-14)10-12-4-2-3-5-12)25-11-15-16(20)6-13(19)7-17(15)21;/h6-8,12,22H,2-5,9-11H2,1H3;1H. The molecule has 8 heteroatoms. The van der Waals surface area contributed by atoms with Crippen molar-refractivity contribution >= 4 is 12.4 Å². The average molecular weight is 390 g/mol. The van der Waals surface area contributed by atoms with Crippen molar-refractivity contribution in [3.05, 3.63) is 46.9 Å². The molecule has 1 fully saturated rings. The van der Waals surface area contributed by atoms with Gasteiger partial charge in [-0.1, -0.05) is 12.8 Å². The first kappa shape index (κ1) is 20.6. The van der Waals surface area contributed by atoms with Crippen LogP contribution in [0.2, 0.25) is 0 Å². The van der Waals surface area contributed by atoms with Gasteiger partial charge in [0.15, 0.2) is 0 Å². The third kappa shape index (κ3) is 4.92. The molecular weight excluding hydrogens is 367 g/mol. The topological polar surface area (TPSA) is 39.1 Å². The van der Waals surface area contributed by atoms with E-state index in [4.69, 9.17) is 4.74 Å². The molecule has 26 heavy (non-hydrogen) atoms. The molecule has 1 saturated carbocycles.